The minimum absolute atomic E-state index is 0.00306. The predicted octanol–water partition coefficient (Wildman–Crippen LogP) is 5.80. The molecule has 2 N–H and O–H groups in total. The summed E-state index contributed by atoms with van der Waals surface area (Å²) in [6.45, 7) is 1.93. The van der Waals surface area contributed by atoms with E-state index in [1.807, 2.05) is 31.2 Å². The number of anilines is 3. The Kier molecular flexibility index (Phi) is 6.10. The van der Waals surface area contributed by atoms with Crippen LogP contribution in [-0.2, 0) is 10.0 Å². The molecule has 1 heterocycles. The second-order valence-electron chi connectivity index (χ2n) is 6.92. The smallest absolute Gasteiger partial charge is 0.264 e. The van der Waals surface area contributed by atoms with Crippen molar-refractivity contribution < 1.29 is 13.2 Å². The zero-order valence-corrected chi connectivity index (χ0v) is 19.4. The number of sulfonamides is 1. The lowest BCUT2D eigenvalue weighted by molar-refractivity contribution is 0.416. The molecule has 0 spiro atoms. The topological polar surface area (TPSA) is 93.2 Å². The first-order valence-electron chi connectivity index (χ1n) is 9.43. The minimum atomic E-state index is -4.11. The Hall–Kier alpha value is -3.07. The molecule has 1 aromatic heterocycles. The zero-order valence-electron chi connectivity index (χ0n) is 17.1. The number of benzene rings is 3. The molecular formula is C22H18Cl2N4O3S. The van der Waals surface area contributed by atoms with Crippen LogP contribution < -0.4 is 14.8 Å². The molecule has 0 bridgehead atoms. The van der Waals surface area contributed by atoms with Gasteiger partial charge in [0.05, 0.1) is 28.9 Å². The molecule has 4 aromatic rings. The highest BCUT2D eigenvalue weighted by atomic mass is 35.5. The van der Waals surface area contributed by atoms with Gasteiger partial charge in [0.1, 0.15) is 10.6 Å². The van der Waals surface area contributed by atoms with Crippen LogP contribution in [-0.4, -0.2) is 25.5 Å². The molecule has 0 unspecified atom stereocenters. The van der Waals surface area contributed by atoms with Gasteiger partial charge in [0.15, 0.2) is 11.6 Å². The molecule has 0 radical (unpaired) electrons. The molecule has 0 aliphatic carbocycles. The Morgan fingerprint density at radius 2 is 1.59 bits per heavy atom. The predicted molar refractivity (Wildman–Crippen MR) is 128 cm³/mol. The number of nitrogens with zero attached hydrogens (tertiary/aromatic N) is 2. The van der Waals surface area contributed by atoms with Gasteiger partial charge in [-0.1, -0.05) is 41.4 Å². The molecule has 0 fully saturated rings. The quantitative estimate of drug-likeness (QED) is 0.356. The van der Waals surface area contributed by atoms with Crippen LogP contribution in [0.3, 0.4) is 0 Å². The van der Waals surface area contributed by atoms with Gasteiger partial charge in [-0.25, -0.2) is 18.4 Å². The highest BCUT2D eigenvalue weighted by Crippen LogP contribution is 2.33. The van der Waals surface area contributed by atoms with Crippen LogP contribution in [0, 0.1) is 6.92 Å². The SMILES string of the molecule is COc1ccc(C)cc1Nc1nc2ccccc2nc1NS(=O)(=O)c1cc(Cl)ccc1Cl. The average molecular weight is 489 g/mol. The summed E-state index contributed by atoms with van der Waals surface area (Å²) in [5, 5.41) is 3.41. The number of hydrogen-bond acceptors (Lipinski definition) is 6. The van der Waals surface area contributed by atoms with E-state index in [0.29, 0.717) is 22.5 Å². The van der Waals surface area contributed by atoms with Crippen molar-refractivity contribution >= 4 is 61.6 Å². The first-order chi connectivity index (χ1) is 15.3. The number of aryl methyl sites for hydroxylation is 1. The van der Waals surface area contributed by atoms with Gasteiger partial charge < -0.3 is 10.1 Å². The van der Waals surface area contributed by atoms with Crippen molar-refractivity contribution in [3.63, 3.8) is 0 Å². The molecule has 0 aliphatic heterocycles. The van der Waals surface area contributed by atoms with Crippen molar-refractivity contribution in [3.05, 3.63) is 76.3 Å². The van der Waals surface area contributed by atoms with Gasteiger partial charge in [0.2, 0.25) is 0 Å². The maximum atomic E-state index is 13.1. The van der Waals surface area contributed by atoms with Crippen LogP contribution in [0.2, 0.25) is 10.0 Å². The maximum Gasteiger partial charge on any atom is 0.264 e. The monoisotopic (exact) mass is 488 g/mol. The summed E-state index contributed by atoms with van der Waals surface area (Å²) < 4.78 is 34.1. The lowest BCUT2D eigenvalue weighted by atomic mass is 10.2. The van der Waals surface area contributed by atoms with Gasteiger partial charge in [-0.15, -0.1) is 0 Å². The Morgan fingerprint density at radius 3 is 2.28 bits per heavy atom. The van der Waals surface area contributed by atoms with E-state index in [9.17, 15) is 8.42 Å². The van der Waals surface area contributed by atoms with Crippen LogP contribution in [0.25, 0.3) is 11.0 Å². The second-order valence-corrected chi connectivity index (χ2v) is 9.41. The van der Waals surface area contributed by atoms with E-state index < -0.39 is 10.0 Å². The fourth-order valence-corrected chi connectivity index (χ4v) is 4.84. The summed E-state index contributed by atoms with van der Waals surface area (Å²) in [5.74, 6) is 0.773. The number of halogens is 2. The third-order valence-electron chi connectivity index (χ3n) is 4.59. The summed E-state index contributed by atoms with van der Waals surface area (Å²) in [7, 11) is -2.57. The van der Waals surface area contributed by atoms with E-state index in [4.69, 9.17) is 27.9 Å². The lowest BCUT2D eigenvalue weighted by Gasteiger charge is -2.16. The van der Waals surface area contributed by atoms with Gasteiger partial charge in [-0.2, -0.15) is 0 Å². The summed E-state index contributed by atoms with van der Waals surface area (Å²) in [5.41, 5.74) is 2.70. The summed E-state index contributed by atoms with van der Waals surface area (Å²) >= 11 is 12.1. The van der Waals surface area contributed by atoms with Crippen LogP contribution in [0.5, 0.6) is 5.75 Å². The van der Waals surface area contributed by atoms with E-state index in [2.05, 4.69) is 20.0 Å². The highest BCUT2D eigenvalue weighted by molar-refractivity contribution is 7.92. The van der Waals surface area contributed by atoms with Crippen molar-refractivity contribution in [3.8, 4) is 5.75 Å². The molecule has 0 saturated heterocycles. The Labute approximate surface area is 195 Å². The summed E-state index contributed by atoms with van der Waals surface area (Å²) in [6.07, 6.45) is 0. The summed E-state index contributed by atoms with van der Waals surface area (Å²) in [4.78, 5) is 8.89. The van der Waals surface area contributed by atoms with E-state index in [0.717, 1.165) is 5.56 Å². The third-order valence-corrected chi connectivity index (χ3v) is 6.65. The molecule has 4 rings (SSSR count). The third kappa shape index (κ3) is 4.57. The number of rotatable bonds is 6. The molecule has 0 amide bonds. The number of para-hydroxylation sites is 2. The van der Waals surface area contributed by atoms with E-state index in [1.165, 1.54) is 18.2 Å². The Bertz CT molecular complexity index is 1430. The van der Waals surface area contributed by atoms with E-state index in [1.54, 1.807) is 25.3 Å². The van der Waals surface area contributed by atoms with Crippen molar-refractivity contribution in [2.75, 3.05) is 17.1 Å². The molecule has 7 nitrogen and oxygen atoms in total. The van der Waals surface area contributed by atoms with Crippen molar-refractivity contribution in [2.45, 2.75) is 11.8 Å². The number of ether oxygens (including phenoxy) is 1. The second kappa shape index (κ2) is 8.82. The average Bonchev–Trinajstić information content (AvgIpc) is 2.75. The van der Waals surface area contributed by atoms with Crippen LogP contribution in [0.1, 0.15) is 5.56 Å². The number of hydrogen-bond donors (Lipinski definition) is 2. The highest BCUT2D eigenvalue weighted by Gasteiger charge is 2.22. The fourth-order valence-electron chi connectivity index (χ4n) is 3.07. The first-order valence-corrected chi connectivity index (χ1v) is 11.7. The standard InChI is InChI=1S/C22H18Cl2N4O3S/c1-13-7-10-19(31-2)18(11-13)27-21-22(26-17-6-4-3-5-16(17)25-21)28-32(29,30)20-12-14(23)8-9-15(20)24/h3-12H,1-2H3,(H,25,27)(H,26,28). The molecule has 0 saturated carbocycles. The van der Waals surface area contributed by atoms with Gasteiger partial charge >= 0.3 is 0 Å². The molecule has 10 heteroatoms. The maximum absolute atomic E-state index is 13.1. The van der Waals surface area contributed by atoms with Crippen LogP contribution in [0.4, 0.5) is 17.3 Å². The largest absolute Gasteiger partial charge is 0.495 e. The normalized spacial score (nSPS) is 11.4. The van der Waals surface area contributed by atoms with Gasteiger partial charge in [-0.05, 0) is 55.0 Å². The first kappa shape index (κ1) is 22.1. The number of fused-ring (bicyclic) bond motifs is 1. The van der Waals surface area contributed by atoms with Gasteiger partial charge in [-0.3, -0.25) is 4.72 Å². The van der Waals surface area contributed by atoms with Gasteiger partial charge in [0.25, 0.3) is 10.0 Å². The van der Waals surface area contributed by atoms with E-state index in [-0.39, 0.29) is 26.6 Å². The molecule has 164 valence electrons. The molecule has 0 aliphatic rings. The van der Waals surface area contributed by atoms with Crippen LogP contribution in [0.15, 0.2) is 65.6 Å². The van der Waals surface area contributed by atoms with E-state index >= 15 is 0 Å². The summed E-state index contributed by atoms with van der Waals surface area (Å²) in [6, 6.07) is 16.9. The number of methoxy groups -OCH3 is 1. The van der Waals surface area contributed by atoms with Crippen LogP contribution >= 0.6 is 23.2 Å². The molecule has 3 aromatic carbocycles. The molecule has 32 heavy (non-hydrogen) atoms. The van der Waals surface area contributed by atoms with Gasteiger partial charge in [0, 0.05) is 5.02 Å². The number of aromatic nitrogens is 2. The number of nitrogens with one attached hydrogen (secondary N) is 2. The fraction of sp³-hybridized carbons (Fsp3) is 0.0909. The van der Waals surface area contributed by atoms with Crippen molar-refractivity contribution in [1.82, 2.24) is 9.97 Å². The Balaban J connectivity index is 1.83. The lowest BCUT2D eigenvalue weighted by Crippen LogP contribution is -2.16. The zero-order chi connectivity index (χ0) is 22.9. The minimum Gasteiger partial charge on any atom is -0.495 e. The molecule has 0 atom stereocenters. The van der Waals surface area contributed by atoms with Crippen molar-refractivity contribution in [1.29, 1.82) is 0 Å². The van der Waals surface area contributed by atoms with Crippen molar-refractivity contribution in [2.24, 2.45) is 0 Å². The Morgan fingerprint density at radius 1 is 0.906 bits per heavy atom. The molecular weight excluding hydrogens is 471 g/mol.